The highest BCUT2D eigenvalue weighted by atomic mass is 28.2. The number of benzene rings is 1. The number of rotatable bonds is 9. The topological polar surface area (TPSA) is 9.23 Å². The van der Waals surface area contributed by atoms with Crippen LogP contribution >= 0.6 is 0 Å². The van der Waals surface area contributed by atoms with E-state index in [1.807, 2.05) is 0 Å². The fourth-order valence-corrected chi connectivity index (χ4v) is 2.79. The second-order valence-corrected chi connectivity index (χ2v) is 5.76. The van der Waals surface area contributed by atoms with Gasteiger partial charge in [-0.2, -0.15) is 0 Å². The number of para-hydroxylation sites is 1. The molecule has 0 aliphatic rings. The van der Waals surface area contributed by atoms with Gasteiger partial charge in [0.25, 0.3) is 0 Å². The lowest BCUT2D eigenvalue weighted by molar-refractivity contribution is 0.300. The second-order valence-electron chi connectivity index (χ2n) is 4.70. The van der Waals surface area contributed by atoms with Crippen LogP contribution in [0, 0.1) is 0 Å². The summed E-state index contributed by atoms with van der Waals surface area (Å²) in [6.07, 6.45) is 6.14. The first-order chi connectivity index (χ1) is 8.83. The van der Waals surface area contributed by atoms with Gasteiger partial charge in [0.15, 0.2) is 0 Å². The fourth-order valence-electron chi connectivity index (χ4n) is 2.13. The van der Waals surface area contributed by atoms with Crippen LogP contribution in [0.5, 0.6) is 5.75 Å². The van der Waals surface area contributed by atoms with Gasteiger partial charge in [0.2, 0.25) is 0 Å². The molecule has 0 bridgehead atoms. The van der Waals surface area contributed by atoms with Crippen molar-refractivity contribution in [1.29, 1.82) is 0 Å². The van der Waals surface area contributed by atoms with Crippen molar-refractivity contribution in [2.45, 2.75) is 58.5 Å². The van der Waals surface area contributed by atoms with Crippen molar-refractivity contribution in [3.63, 3.8) is 0 Å². The van der Waals surface area contributed by atoms with Crippen LogP contribution in [-0.2, 0) is 12.5 Å². The average molecular weight is 262 g/mol. The van der Waals surface area contributed by atoms with Crippen LogP contribution < -0.4 is 4.74 Å². The zero-order chi connectivity index (χ0) is 13.2. The molecule has 0 saturated carbocycles. The SMILES string of the molecule is CCCCCCOc1c(CC)cccc1C[Si]C. The Kier molecular flexibility index (Phi) is 7.82. The van der Waals surface area contributed by atoms with Gasteiger partial charge in [0.1, 0.15) is 5.75 Å². The maximum absolute atomic E-state index is 6.06. The minimum absolute atomic E-state index is 0.872. The van der Waals surface area contributed by atoms with Crippen molar-refractivity contribution in [3.05, 3.63) is 29.3 Å². The highest BCUT2D eigenvalue weighted by Crippen LogP contribution is 2.25. The Morgan fingerprint density at radius 2 is 1.83 bits per heavy atom. The molecule has 2 heteroatoms. The molecular weight excluding hydrogens is 236 g/mol. The molecule has 18 heavy (non-hydrogen) atoms. The van der Waals surface area contributed by atoms with Crippen molar-refractivity contribution in [1.82, 2.24) is 0 Å². The predicted molar refractivity (Wildman–Crippen MR) is 80.8 cm³/mol. The Morgan fingerprint density at radius 3 is 2.50 bits per heavy atom. The molecule has 1 rings (SSSR count). The summed E-state index contributed by atoms with van der Waals surface area (Å²) in [6.45, 7) is 7.57. The van der Waals surface area contributed by atoms with Gasteiger partial charge < -0.3 is 4.74 Å². The van der Waals surface area contributed by atoms with Gasteiger partial charge in [-0.3, -0.25) is 0 Å². The van der Waals surface area contributed by atoms with Crippen LogP contribution in [0.1, 0.15) is 50.7 Å². The number of ether oxygens (including phenoxy) is 1. The van der Waals surface area contributed by atoms with Crippen molar-refractivity contribution >= 4 is 9.52 Å². The molecule has 100 valence electrons. The van der Waals surface area contributed by atoms with Crippen LogP contribution in [0.25, 0.3) is 0 Å². The summed E-state index contributed by atoms with van der Waals surface area (Å²) in [5.41, 5.74) is 2.76. The van der Waals surface area contributed by atoms with Gasteiger partial charge in [-0.25, -0.2) is 0 Å². The molecule has 0 fully saturated rings. The summed E-state index contributed by atoms with van der Waals surface area (Å²) in [5.74, 6) is 1.17. The minimum Gasteiger partial charge on any atom is -0.493 e. The van der Waals surface area contributed by atoms with Crippen molar-refractivity contribution in [3.8, 4) is 5.75 Å². The standard InChI is InChI=1S/C16H26OSi/c1-4-6-7-8-12-17-16-14(5-2)10-9-11-15(16)13-18-3/h9-11H,4-8,12-13H2,1-3H3. The number of aryl methyl sites for hydroxylation is 1. The van der Waals surface area contributed by atoms with E-state index in [0.717, 1.165) is 28.6 Å². The fraction of sp³-hybridized carbons (Fsp3) is 0.625. The van der Waals surface area contributed by atoms with E-state index < -0.39 is 0 Å². The Labute approximate surface area is 115 Å². The Morgan fingerprint density at radius 1 is 1.06 bits per heavy atom. The van der Waals surface area contributed by atoms with E-state index in [4.69, 9.17) is 4.74 Å². The smallest absolute Gasteiger partial charge is 0.125 e. The number of unbranched alkanes of at least 4 members (excludes halogenated alkanes) is 3. The summed E-state index contributed by atoms with van der Waals surface area (Å²) < 4.78 is 6.06. The number of hydrogen-bond acceptors (Lipinski definition) is 1. The van der Waals surface area contributed by atoms with Gasteiger partial charge in [-0.1, -0.05) is 57.9 Å². The molecule has 0 atom stereocenters. The molecule has 2 radical (unpaired) electrons. The molecular formula is C16H26OSi. The summed E-state index contributed by atoms with van der Waals surface area (Å²) in [7, 11) is 0.955. The van der Waals surface area contributed by atoms with E-state index in [1.165, 1.54) is 42.6 Å². The Bertz CT molecular complexity index is 336. The van der Waals surface area contributed by atoms with Gasteiger partial charge in [0.05, 0.1) is 6.61 Å². The first kappa shape index (κ1) is 15.3. The largest absolute Gasteiger partial charge is 0.493 e. The van der Waals surface area contributed by atoms with Crippen molar-refractivity contribution in [2.24, 2.45) is 0 Å². The van der Waals surface area contributed by atoms with E-state index in [9.17, 15) is 0 Å². The summed E-state index contributed by atoms with van der Waals surface area (Å²) in [5, 5.41) is 0. The average Bonchev–Trinajstić information content (AvgIpc) is 2.40. The highest BCUT2D eigenvalue weighted by Gasteiger charge is 2.07. The third-order valence-electron chi connectivity index (χ3n) is 3.17. The molecule has 0 amide bonds. The maximum Gasteiger partial charge on any atom is 0.125 e. The maximum atomic E-state index is 6.06. The zero-order valence-electron chi connectivity index (χ0n) is 12.1. The molecule has 0 saturated heterocycles. The summed E-state index contributed by atoms with van der Waals surface area (Å²) in [6, 6.07) is 7.73. The zero-order valence-corrected chi connectivity index (χ0v) is 13.1. The Hall–Kier alpha value is -0.763. The second kappa shape index (κ2) is 9.20. The monoisotopic (exact) mass is 262 g/mol. The number of hydrogen-bond donors (Lipinski definition) is 0. The predicted octanol–water partition coefficient (Wildman–Crippen LogP) is 4.46. The van der Waals surface area contributed by atoms with Crippen LogP contribution in [-0.4, -0.2) is 16.1 Å². The van der Waals surface area contributed by atoms with Crippen LogP contribution in [0.2, 0.25) is 6.55 Å². The summed E-state index contributed by atoms with van der Waals surface area (Å²) in [4.78, 5) is 0. The van der Waals surface area contributed by atoms with Crippen molar-refractivity contribution < 1.29 is 4.74 Å². The van der Waals surface area contributed by atoms with E-state index >= 15 is 0 Å². The molecule has 0 heterocycles. The van der Waals surface area contributed by atoms with E-state index in [0.29, 0.717) is 0 Å². The molecule has 0 unspecified atom stereocenters. The summed E-state index contributed by atoms with van der Waals surface area (Å²) >= 11 is 0. The lowest BCUT2D eigenvalue weighted by Gasteiger charge is -2.15. The molecule has 0 aliphatic carbocycles. The van der Waals surface area contributed by atoms with Gasteiger partial charge in [0, 0.05) is 9.52 Å². The van der Waals surface area contributed by atoms with E-state index in [-0.39, 0.29) is 0 Å². The molecule has 1 nitrogen and oxygen atoms in total. The molecule has 0 N–H and O–H groups in total. The molecule has 0 aromatic heterocycles. The first-order valence-corrected chi connectivity index (χ1v) is 8.92. The van der Waals surface area contributed by atoms with E-state index in [1.54, 1.807) is 0 Å². The minimum atomic E-state index is 0.872. The lowest BCUT2D eigenvalue weighted by atomic mass is 10.1. The van der Waals surface area contributed by atoms with Gasteiger partial charge in [-0.05, 0) is 30.0 Å². The quantitative estimate of drug-likeness (QED) is 0.471. The van der Waals surface area contributed by atoms with Gasteiger partial charge >= 0.3 is 0 Å². The third kappa shape index (κ3) is 4.85. The van der Waals surface area contributed by atoms with Crippen LogP contribution in [0.3, 0.4) is 0 Å². The third-order valence-corrected chi connectivity index (χ3v) is 3.90. The van der Waals surface area contributed by atoms with Crippen LogP contribution in [0.4, 0.5) is 0 Å². The first-order valence-electron chi connectivity index (χ1n) is 7.21. The van der Waals surface area contributed by atoms with Crippen LogP contribution in [0.15, 0.2) is 18.2 Å². The molecule has 1 aromatic rings. The Balaban J connectivity index is 2.60. The molecule has 0 spiro atoms. The van der Waals surface area contributed by atoms with E-state index in [2.05, 4.69) is 38.6 Å². The normalized spacial score (nSPS) is 10.6. The lowest BCUT2D eigenvalue weighted by Crippen LogP contribution is -2.04. The van der Waals surface area contributed by atoms with Gasteiger partial charge in [-0.15, -0.1) is 0 Å². The molecule has 0 aliphatic heterocycles. The highest BCUT2D eigenvalue weighted by molar-refractivity contribution is 6.33. The van der Waals surface area contributed by atoms with Crippen molar-refractivity contribution in [2.75, 3.05) is 6.61 Å². The molecule has 1 aromatic carbocycles.